The molecule has 4 saturated carbocycles. The van der Waals surface area contributed by atoms with E-state index in [1.807, 2.05) is 0 Å². The summed E-state index contributed by atoms with van der Waals surface area (Å²) in [6.07, 6.45) is 9.33. The minimum Gasteiger partial charge on any atom is -0.377 e. The second-order valence-corrected chi connectivity index (χ2v) is 7.50. The first-order valence-corrected chi connectivity index (χ1v) is 7.90. The first-order valence-electron chi connectivity index (χ1n) is 7.90. The Labute approximate surface area is 112 Å². The van der Waals surface area contributed by atoms with Crippen molar-refractivity contribution in [2.45, 2.75) is 64.5 Å². The van der Waals surface area contributed by atoms with Crippen LogP contribution in [-0.4, -0.2) is 25.8 Å². The van der Waals surface area contributed by atoms with Gasteiger partial charge in [-0.25, -0.2) is 0 Å². The number of likely N-dealkylation sites (N-methyl/N-ethyl adjacent to an activating group) is 1. The van der Waals surface area contributed by atoms with Crippen LogP contribution in [0.3, 0.4) is 0 Å². The summed E-state index contributed by atoms with van der Waals surface area (Å²) >= 11 is 0. The van der Waals surface area contributed by atoms with Crippen molar-refractivity contribution in [2.24, 2.45) is 23.2 Å². The fourth-order valence-corrected chi connectivity index (χ4v) is 5.46. The molecule has 4 rings (SSSR count). The maximum atomic E-state index is 5.92. The van der Waals surface area contributed by atoms with Crippen molar-refractivity contribution in [3.8, 4) is 0 Å². The molecule has 0 heterocycles. The van der Waals surface area contributed by atoms with Crippen molar-refractivity contribution in [3.63, 3.8) is 0 Å². The predicted octanol–water partition coefficient (Wildman–Crippen LogP) is 3.22. The van der Waals surface area contributed by atoms with Crippen LogP contribution in [0.15, 0.2) is 0 Å². The number of hydrogen-bond acceptors (Lipinski definition) is 2. The van der Waals surface area contributed by atoms with E-state index in [2.05, 4.69) is 26.2 Å². The standard InChI is InChI=1S/C16H29NO/c1-11(2)18-10-15(17-3)16-7-12-4-13(8-16)6-14(5-12)9-16/h11-15,17H,4-10H2,1-3H3. The lowest BCUT2D eigenvalue weighted by molar-refractivity contribution is -0.0917. The van der Waals surface area contributed by atoms with Crippen LogP contribution in [-0.2, 0) is 4.74 Å². The van der Waals surface area contributed by atoms with Crippen molar-refractivity contribution >= 4 is 0 Å². The van der Waals surface area contributed by atoms with Gasteiger partial charge in [-0.05, 0) is 82.6 Å². The molecule has 4 aliphatic rings. The summed E-state index contributed by atoms with van der Waals surface area (Å²) < 4.78 is 5.92. The first kappa shape index (κ1) is 12.9. The molecular weight excluding hydrogens is 222 g/mol. The van der Waals surface area contributed by atoms with Crippen molar-refractivity contribution in [1.29, 1.82) is 0 Å². The molecule has 0 radical (unpaired) electrons. The van der Waals surface area contributed by atoms with E-state index >= 15 is 0 Å². The van der Waals surface area contributed by atoms with Crippen molar-refractivity contribution in [3.05, 3.63) is 0 Å². The molecule has 0 aliphatic heterocycles. The van der Waals surface area contributed by atoms with Gasteiger partial charge < -0.3 is 10.1 Å². The molecule has 0 aromatic rings. The molecule has 2 nitrogen and oxygen atoms in total. The van der Waals surface area contributed by atoms with Gasteiger partial charge in [0, 0.05) is 6.04 Å². The topological polar surface area (TPSA) is 21.3 Å². The predicted molar refractivity (Wildman–Crippen MR) is 74.5 cm³/mol. The highest BCUT2D eigenvalue weighted by atomic mass is 16.5. The van der Waals surface area contributed by atoms with Gasteiger partial charge in [-0.2, -0.15) is 0 Å². The van der Waals surface area contributed by atoms with E-state index in [1.165, 1.54) is 38.5 Å². The van der Waals surface area contributed by atoms with Gasteiger partial charge in [-0.1, -0.05) is 0 Å². The summed E-state index contributed by atoms with van der Waals surface area (Å²) in [4.78, 5) is 0. The zero-order chi connectivity index (χ0) is 12.8. The molecule has 1 N–H and O–H groups in total. The Hall–Kier alpha value is -0.0800. The normalized spacial score (nSPS) is 43.7. The molecule has 1 atom stereocenters. The Morgan fingerprint density at radius 3 is 1.94 bits per heavy atom. The minimum atomic E-state index is 0.356. The lowest BCUT2D eigenvalue weighted by Crippen LogP contribution is -2.57. The minimum absolute atomic E-state index is 0.356. The first-order chi connectivity index (χ1) is 8.61. The molecule has 0 aromatic carbocycles. The zero-order valence-corrected chi connectivity index (χ0v) is 12.2. The summed E-state index contributed by atoms with van der Waals surface area (Å²) in [6, 6.07) is 0.577. The number of ether oxygens (including phenoxy) is 1. The number of hydrogen-bond donors (Lipinski definition) is 1. The highest BCUT2D eigenvalue weighted by Gasteiger charge is 2.53. The third-order valence-electron chi connectivity index (χ3n) is 5.77. The molecule has 4 fully saturated rings. The molecule has 104 valence electrons. The summed E-state index contributed by atoms with van der Waals surface area (Å²) in [5.41, 5.74) is 0.568. The third-order valence-corrected chi connectivity index (χ3v) is 5.77. The van der Waals surface area contributed by atoms with Crippen LogP contribution in [0, 0.1) is 23.2 Å². The lowest BCUT2D eigenvalue weighted by atomic mass is 9.48. The van der Waals surface area contributed by atoms with Crippen LogP contribution in [0.25, 0.3) is 0 Å². The monoisotopic (exact) mass is 251 g/mol. The van der Waals surface area contributed by atoms with Crippen LogP contribution < -0.4 is 5.32 Å². The van der Waals surface area contributed by atoms with E-state index in [-0.39, 0.29) is 0 Å². The zero-order valence-electron chi connectivity index (χ0n) is 12.2. The summed E-state index contributed by atoms with van der Waals surface area (Å²) in [6.45, 7) is 5.19. The number of rotatable bonds is 5. The van der Waals surface area contributed by atoms with Gasteiger partial charge in [-0.15, -0.1) is 0 Å². The molecule has 4 bridgehead atoms. The molecule has 18 heavy (non-hydrogen) atoms. The summed E-state index contributed by atoms with van der Waals surface area (Å²) in [7, 11) is 2.13. The molecule has 2 heteroatoms. The van der Waals surface area contributed by atoms with E-state index in [1.54, 1.807) is 0 Å². The highest BCUT2D eigenvalue weighted by Crippen LogP contribution is 2.61. The van der Waals surface area contributed by atoms with E-state index in [0.29, 0.717) is 17.6 Å². The van der Waals surface area contributed by atoms with Crippen LogP contribution in [0.2, 0.25) is 0 Å². The fraction of sp³-hybridized carbons (Fsp3) is 1.00. The van der Waals surface area contributed by atoms with E-state index in [4.69, 9.17) is 4.74 Å². The molecule has 0 saturated heterocycles. The Morgan fingerprint density at radius 1 is 1.06 bits per heavy atom. The molecule has 4 aliphatic carbocycles. The Kier molecular flexibility index (Phi) is 3.44. The Bertz CT molecular complexity index is 264. The summed E-state index contributed by atoms with van der Waals surface area (Å²) in [5.74, 6) is 3.10. The van der Waals surface area contributed by atoms with Crippen molar-refractivity contribution < 1.29 is 4.74 Å². The second kappa shape index (κ2) is 4.79. The molecule has 1 unspecified atom stereocenters. The van der Waals surface area contributed by atoms with E-state index in [9.17, 15) is 0 Å². The SMILES string of the molecule is CNC(COC(C)C)C12CC3CC(CC(C3)C1)C2. The maximum absolute atomic E-state index is 5.92. The van der Waals surface area contributed by atoms with Gasteiger partial charge in [-0.3, -0.25) is 0 Å². The maximum Gasteiger partial charge on any atom is 0.0628 e. The van der Waals surface area contributed by atoms with Gasteiger partial charge in [0.05, 0.1) is 12.7 Å². The average molecular weight is 251 g/mol. The molecular formula is C16H29NO. The molecule has 0 amide bonds. The Morgan fingerprint density at radius 2 is 1.56 bits per heavy atom. The highest BCUT2D eigenvalue weighted by molar-refractivity contribution is 5.05. The van der Waals surface area contributed by atoms with Gasteiger partial charge >= 0.3 is 0 Å². The molecule has 0 aromatic heterocycles. The van der Waals surface area contributed by atoms with E-state index < -0.39 is 0 Å². The fourth-order valence-electron chi connectivity index (χ4n) is 5.46. The smallest absolute Gasteiger partial charge is 0.0628 e. The third kappa shape index (κ3) is 2.22. The summed E-state index contributed by atoms with van der Waals surface area (Å²) in [5, 5.41) is 3.59. The molecule has 0 spiro atoms. The van der Waals surface area contributed by atoms with E-state index in [0.717, 1.165) is 24.4 Å². The number of nitrogens with one attached hydrogen (secondary N) is 1. The average Bonchev–Trinajstić information content (AvgIpc) is 2.26. The van der Waals surface area contributed by atoms with Crippen LogP contribution in [0.1, 0.15) is 52.4 Å². The van der Waals surface area contributed by atoms with Gasteiger partial charge in [0.15, 0.2) is 0 Å². The lowest BCUT2D eigenvalue weighted by Gasteiger charge is -2.59. The van der Waals surface area contributed by atoms with Gasteiger partial charge in [0.25, 0.3) is 0 Å². The van der Waals surface area contributed by atoms with Crippen LogP contribution in [0.5, 0.6) is 0 Å². The quantitative estimate of drug-likeness (QED) is 0.810. The Balaban J connectivity index is 1.72. The van der Waals surface area contributed by atoms with Crippen molar-refractivity contribution in [2.75, 3.05) is 13.7 Å². The van der Waals surface area contributed by atoms with Crippen LogP contribution >= 0.6 is 0 Å². The largest absolute Gasteiger partial charge is 0.377 e. The van der Waals surface area contributed by atoms with Crippen LogP contribution in [0.4, 0.5) is 0 Å². The van der Waals surface area contributed by atoms with Gasteiger partial charge in [0.1, 0.15) is 0 Å². The van der Waals surface area contributed by atoms with Gasteiger partial charge in [0.2, 0.25) is 0 Å². The van der Waals surface area contributed by atoms with Crippen molar-refractivity contribution in [1.82, 2.24) is 5.32 Å². The second-order valence-electron chi connectivity index (χ2n) is 7.50.